The molecule has 0 aliphatic heterocycles. The van der Waals surface area contributed by atoms with Crippen LogP contribution in [-0.2, 0) is 0 Å². The minimum Gasteiger partial charge on any atom is -0.366 e. The van der Waals surface area contributed by atoms with Gasteiger partial charge in [-0.05, 0) is 13.8 Å². The Labute approximate surface area is 81.9 Å². The van der Waals surface area contributed by atoms with Crippen LogP contribution in [0.4, 0.5) is 5.95 Å². The van der Waals surface area contributed by atoms with Crippen molar-refractivity contribution in [2.75, 3.05) is 23.8 Å². The van der Waals surface area contributed by atoms with Crippen LogP contribution < -0.4 is 10.7 Å². The minimum absolute atomic E-state index is 0.414. The highest BCUT2D eigenvalue weighted by atomic mass is 15.7. The first-order valence-corrected chi connectivity index (χ1v) is 4.71. The van der Waals surface area contributed by atoms with Crippen LogP contribution in [0.15, 0.2) is 12.3 Å². The van der Waals surface area contributed by atoms with Crippen molar-refractivity contribution < 1.29 is 0 Å². The lowest BCUT2D eigenvalue weighted by molar-refractivity contribution is 0.533. The molecule has 0 fully saturated rings. The summed E-state index contributed by atoms with van der Waals surface area (Å²) in [6.07, 6.45) is 1.94. The quantitative estimate of drug-likeness (QED) is 0.752. The third-order valence-electron chi connectivity index (χ3n) is 2.27. The highest BCUT2D eigenvalue weighted by molar-refractivity contribution is 5.41. The van der Waals surface area contributed by atoms with Crippen LogP contribution in [0.5, 0.6) is 0 Å². The Morgan fingerprint density at radius 1 is 1.36 bits per heavy atom. The zero-order chi connectivity index (χ0) is 10.1. The molecule has 2 aromatic rings. The van der Waals surface area contributed by atoms with Gasteiger partial charge in [0.25, 0.3) is 0 Å². The van der Waals surface area contributed by atoms with Crippen molar-refractivity contribution in [3.8, 4) is 0 Å². The van der Waals surface area contributed by atoms with E-state index in [-0.39, 0.29) is 0 Å². The number of anilines is 1. The summed E-state index contributed by atoms with van der Waals surface area (Å²) >= 11 is 0. The molecule has 0 radical (unpaired) electrons. The second-order valence-electron chi connectivity index (χ2n) is 3.00. The fourth-order valence-corrected chi connectivity index (χ4v) is 1.55. The second-order valence-corrected chi connectivity index (χ2v) is 3.00. The van der Waals surface area contributed by atoms with Crippen molar-refractivity contribution in [2.24, 2.45) is 0 Å². The molecule has 14 heavy (non-hydrogen) atoms. The number of nitrogens with two attached hydrogens (primary N) is 1. The van der Waals surface area contributed by atoms with Crippen LogP contribution in [0.3, 0.4) is 0 Å². The number of rotatable bonds is 3. The highest BCUT2D eigenvalue weighted by Crippen LogP contribution is 2.06. The molecular weight excluding hydrogens is 180 g/mol. The van der Waals surface area contributed by atoms with Gasteiger partial charge in [0.15, 0.2) is 5.65 Å². The van der Waals surface area contributed by atoms with Gasteiger partial charge in [0.1, 0.15) is 0 Å². The van der Waals surface area contributed by atoms with Crippen LogP contribution in [0.1, 0.15) is 13.8 Å². The average molecular weight is 194 g/mol. The lowest BCUT2D eigenvalue weighted by Gasteiger charge is -2.22. The average Bonchev–Trinajstić information content (AvgIpc) is 2.74. The van der Waals surface area contributed by atoms with Gasteiger partial charge in [-0.2, -0.15) is 9.31 Å². The Bertz CT molecular complexity index is 424. The molecular formula is C8H14N6. The van der Waals surface area contributed by atoms with Crippen LogP contribution in [0, 0.1) is 0 Å². The molecule has 0 unspecified atom stereocenters. The Morgan fingerprint density at radius 2 is 2.07 bits per heavy atom. The molecule has 0 spiro atoms. The molecule has 2 N–H and O–H groups in total. The molecule has 0 saturated carbocycles. The summed E-state index contributed by atoms with van der Waals surface area (Å²) in [4.78, 5) is 1.94. The van der Waals surface area contributed by atoms with Gasteiger partial charge >= 0.3 is 0 Å². The van der Waals surface area contributed by atoms with Gasteiger partial charge in [-0.1, -0.05) is 0 Å². The Morgan fingerprint density at radius 3 is 2.71 bits per heavy atom. The van der Waals surface area contributed by atoms with Gasteiger partial charge in [-0.3, -0.25) is 5.01 Å². The third kappa shape index (κ3) is 1.11. The summed E-state index contributed by atoms with van der Waals surface area (Å²) in [7, 11) is 0. The number of nitrogen functional groups attached to an aromatic ring is 1. The smallest absolute Gasteiger partial charge is 0.243 e. The second kappa shape index (κ2) is 3.21. The van der Waals surface area contributed by atoms with E-state index in [1.54, 1.807) is 4.52 Å². The predicted molar refractivity (Wildman–Crippen MR) is 54.7 cm³/mol. The molecule has 0 atom stereocenters. The zero-order valence-corrected chi connectivity index (χ0v) is 8.38. The maximum Gasteiger partial charge on any atom is 0.243 e. The molecule has 2 heterocycles. The van der Waals surface area contributed by atoms with Gasteiger partial charge in [-0.25, -0.2) is 0 Å². The van der Waals surface area contributed by atoms with Gasteiger partial charge in [0, 0.05) is 25.4 Å². The maximum absolute atomic E-state index is 5.71. The van der Waals surface area contributed by atoms with E-state index in [0.29, 0.717) is 5.95 Å². The van der Waals surface area contributed by atoms with Crippen LogP contribution in [0.2, 0.25) is 0 Å². The van der Waals surface area contributed by atoms with Gasteiger partial charge in [0.2, 0.25) is 5.95 Å². The summed E-state index contributed by atoms with van der Waals surface area (Å²) < 4.78 is 1.78. The Hall–Kier alpha value is -1.72. The molecule has 0 aliphatic rings. The highest BCUT2D eigenvalue weighted by Gasteiger charge is 2.09. The first-order valence-electron chi connectivity index (χ1n) is 4.71. The van der Waals surface area contributed by atoms with Crippen molar-refractivity contribution in [2.45, 2.75) is 13.8 Å². The molecule has 0 aliphatic carbocycles. The summed E-state index contributed by atoms with van der Waals surface area (Å²) in [5.41, 5.74) is 6.48. The van der Waals surface area contributed by atoms with E-state index in [4.69, 9.17) is 5.73 Å². The van der Waals surface area contributed by atoms with Gasteiger partial charge < -0.3 is 5.73 Å². The SMILES string of the molecule is CCN(CC)n1ccc2nnc(N)n21. The fourth-order valence-electron chi connectivity index (χ4n) is 1.55. The molecule has 0 bridgehead atoms. The Kier molecular flexibility index (Phi) is 2.03. The number of hydrogen-bond acceptors (Lipinski definition) is 4. The van der Waals surface area contributed by atoms with E-state index in [0.717, 1.165) is 18.7 Å². The lowest BCUT2D eigenvalue weighted by Crippen LogP contribution is -2.36. The monoisotopic (exact) mass is 194 g/mol. The number of nitrogens with zero attached hydrogens (tertiary/aromatic N) is 5. The summed E-state index contributed by atoms with van der Waals surface area (Å²) in [6.45, 7) is 6.02. The summed E-state index contributed by atoms with van der Waals surface area (Å²) in [6, 6.07) is 1.89. The van der Waals surface area contributed by atoms with Crippen molar-refractivity contribution in [1.82, 2.24) is 19.5 Å². The van der Waals surface area contributed by atoms with E-state index in [9.17, 15) is 0 Å². The Balaban J connectivity index is 2.55. The van der Waals surface area contributed by atoms with Crippen molar-refractivity contribution >= 4 is 11.6 Å². The number of hydrogen-bond donors (Lipinski definition) is 1. The lowest BCUT2D eigenvalue weighted by atomic mass is 10.6. The van der Waals surface area contributed by atoms with Crippen LogP contribution >= 0.6 is 0 Å². The predicted octanol–water partition coefficient (Wildman–Crippen LogP) is 0.0908. The molecule has 76 valence electrons. The molecule has 0 aromatic carbocycles. The molecule has 6 nitrogen and oxygen atoms in total. The summed E-state index contributed by atoms with van der Waals surface area (Å²) in [5.74, 6) is 0.414. The van der Waals surface area contributed by atoms with Crippen LogP contribution in [0.25, 0.3) is 5.65 Å². The normalized spacial score (nSPS) is 11.0. The van der Waals surface area contributed by atoms with Gasteiger partial charge in [-0.15, -0.1) is 10.2 Å². The number of fused-ring (bicyclic) bond motifs is 1. The van der Waals surface area contributed by atoms with E-state index in [1.807, 2.05) is 17.1 Å². The molecule has 6 heteroatoms. The molecule has 0 amide bonds. The first kappa shape index (κ1) is 8.86. The topological polar surface area (TPSA) is 64.4 Å². The largest absolute Gasteiger partial charge is 0.366 e. The van der Waals surface area contributed by atoms with E-state index < -0.39 is 0 Å². The minimum atomic E-state index is 0.414. The number of aromatic nitrogens is 4. The van der Waals surface area contributed by atoms with E-state index >= 15 is 0 Å². The molecule has 0 saturated heterocycles. The van der Waals surface area contributed by atoms with Crippen LogP contribution in [-0.4, -0.2) is 32.6 Å². The fraction of sp³-hybridized carbons (Fsp3) is 0.500. The standard InChI is InChI=1S/C8H14N6/c1-3-12(4-2)13-6-5-7-10-11-8(9)14(7)13/h5-6H,3-4H2,1-2H3,(H2,9,11). The van der Waals surface area contributed by atoms with Crippen molar-refractivity contribution in [3.05, 3.63) is 12.3 Å². The summed E-state index contributed by atoms with van der Waals surface area (Å²) in [5, 5.41) is 9.87. The van der Waals surface area contributed by atoms with E-state index in [1.165, 1.54) is 0 Å². The van der Waals surface area contributed by atoms with Gasteiger partial charge in [0.05, 0.1) is 0 Å². The maximum atomic E-state index is 5.71. The van der Waals surface area contributed by atoms with E-state index in [2.05, 4.69) is 29.1 Å². The zero-order valence-electron chi connectivity index (χ0n) is 8.38. The molecule has 2 aromatic heterocycles. The van der Waals surface area contributed by atoms with Crippen molar-refractivity contribution in [1.29, 1.82) is 0 Å². The first-order chi connectivity index (χ1) is 6.77. The van der Waals surface area contributed by atoms with Crippen molar-refractivity contribution in [3.63, 3.8) is 0 Å². The third-order valence-corrected chi connectivity index (χ3v) is 2.27. The molecule has 2 rings (SSSR count).